The van der Waals surface area contributed by atoms with Crippen LogP contribution in [0.5, 0.6) is 0 Å². The van der Waals surface area contributed by atoms with Crippen molar-refractivity contribution in [1.29, 1.82) is 0 Å². The second-order valence-electron chi connectivity index (χ2n) is 6.04. The van der Waals surface area contributed by atoms with Crippen molar-refractivity contribution in [3.8, 4) is 0 Å². The molecule has 0 saturated carbocycles. The summed E-state index contributed by atoms with van der Waals surface area (Å²) in [5.41, 5.74) is -0.179. The number of rotatable bonds is 5. The number of ketones is 1. The number of nitrogens with zero attached hydrogens (tertiary/aromatic N) is 2. The number of nitro groups is 1. The average molecular weight is 447 g/mol. The van der Waals surface area contributed by atoms with Gasteiger partial charge in [-0.25, -0.2) is 0 Å². The number of β-amino-alcohol motifs (C(OH)–C–C–N with tert-alkyl or cyclic N) is 1. The fourth-order valence-corrected chi connectivity index (χ4v) is 3.45. The molecule has 0 aromatic heterocycles. The number of hydrogen-bond donors (Lipinski definition) is 2. The first-order valence-corrected chi connectivity index (χ1v) is 9.04. The molecule has 1 fully saturated rings. The Hall–Kier alpha value is -3.04. The molecule has 1 amide bonds. The third kappa shape index (κ3) is 3.41. The molecule has 144 valence electrons. The van der Waals surface area contributed by atoms with Gasteiger partial charge in [-0.2, -0.15) is 0 Å². The van der Waals surface area contributed by atoms with E-state index in [1.165, 1.54) is 18.2 Å². The van der Waals surface area contributed by atoms with Gasteiger partial charge in [0, 0.05) is 22.6 Å². The number of Topliss-reactive ketones (excluding diaryl/α,β-unsaturated/α-hetero) is 1. The Kier molecular flexibility index (Phi) is 5.57. The number of hydrogen-bond acceptors (Lipinski definition) is 6. The van der Waals surface area contributed by atoms with Gasteiger partial charge < -0.3 is 15.1 Å². The smallest absolute Gasteiger partial charge is 0.295 e. The van der Waals surface area contributed by atoms with Crippen LogP contribution in [0, 0.1) is 10.1 Å². The SMILES string of the molecule is O=C1C(=O)N(CCO)C(c2ccccc2[N+](=O)[O-])/C1=C(/O)c1ccc(Br)cc1. The molecule has 1 heterocycles. The van der Waals surface area contributed by atoms with Crippen molar-refractivity contribution in [2.75, 3.05) is 13.2 Å². The summed E-state index contributed by atoms with van der Waals surface area (Å²) in [6.45, 7) is -0.652. The highest BCUT2D eigenvalue weighted by atomic mass is 79.9. The van der Waals surface area contributed by atoms with Crippen molar-refractivity contribution >= 4 is 39.1 Å². The summed E-state index contributed by atoms with van der Waals surface area (Å²) in [5.74, 6) is -2.33. The highest BCUT2D eigenvalue weighted by Gasteiger charge is 2.47. The van der Waals surface area contributed by atoms with Gasteiger partial charge in [-0.15, -0.1) is 0 Å². The molecule has 0 bridgehead atoms. The summed E-state index contributed by atoms with van der Waals surface area (Å²) >= 11 is 3.27. The molecular formula is C19H15BrN2O6. The minimum absolute atomic E-state index is 0.0822. The Morgan fingerprint density at radius 1 is 1.14 bits per heavy atom. The summed E-state index contributed by atoms with van der Waals surface area (Å²) in [6, 6.07) is 10.9. The van der Waals surface area contributed by atoms with Crippen molar-refractivity contribution in [3.63, 3.8) is 0 Å². The van der Waals surface area contributed by atoms with E-state index in [-0.39, 0.29) is 28.9 Å². The summed E-state index contributed by atoms with van der Waals surface area (Å²) < 4.78 is 0.750. The van der Waals surface area contributed by atoms with Crippen LogP contribution in [-0.2, 0) is 9.59 Å². The van der Waals surface area contributed by atoms with E-state index >= 15 is 0 Å². The van der Waals surface area contributed by atoms with Gasteiger partial charge in [-0.3, -0.25) is 19.7 Å². The Bertz CT molecular complexity index is 986. The number of nitro benzene ring substituents is 1. The van der Waals surface area contributed by atoms with E-state index < -0.39 is 35.0 Å². The fraction of sp³-hybridized carbons (Fsp3) is 0.158. The fourth-order valence-electron chi connectivity index (χ4n) is 3.19. The van der Waals surface area contributed by atoms with Crippen LogP contribution in [0.1, 0.15) is 17.2 Å². The van der Waals surface area contributed by atoms with E-state index in [2.05, 4.69) is 15.9 Å². The first-order valence-electron chi connectivity index (χ1n) is 8.25. The first kappa shape index (κ1) is 19.7. The van der Waals surface area contributed by atoms with Gasteiger partial charge in [0.25, 0.3) is 17.4 Å². The number of halogens is 1. The van der Waals surface area contributed by atoms with Crippen LogP contribution in [0.4, 0.5) is 5.69 Å². The maximum atomic E-state index is 12.7. The van der Waals surface area contributed by atoms with Crippen LogP contribution >= 0.6 is 15.9 Å². The second kappa shape index (κ2) is 7.91. The van der Waals surface area contributed by atoms with E-state index in [1.807, 2.05) is 0 Å². The van der Waals surface area contributed by atoms with Crippen molar-refractivity contribution in [2.24, 2.45) is 0 Å². The lowest BCUT2D eigenvalue weighted by atomic mass is 9.94. The van der Waals surface area contributed by atoms with E-state index in [0.717, 1.165) is 9.37 Å². The van der Waals surface area contributed by atoms with Crippen LogP contribution in [0.2, 0.25) is 0 Å². The number of amides is 1. The topological polar surface area (TPSA) is 121 Å². The molecule has 1 aliphatic heterocycles. The lowest BCUT2D eigenvalue weighted by molar-refractivity contribution is -0.385. The van der Waals surface area contributed by atoms with Gasteiger partial charge in [-0.1, -0.05) is 40.2 Å². The number of carbonyl (C=O) groups is 2. The number of benzene rings is 2. The van der Waals surface area contributed by atoms with Crippen molar-refractivity contribution in [1.82, 2.24) is 4.90 Å². The van der Waals surface area contributed by atoms with Gasteiger partial charge in [0.2, 0.25) is 0 Å². The van der Waals surface area contributed by atoms with E-state index in [4.69, 9.17) is 0 Å². The summed E-state index contributed by atoms with van der Waals surface area (Å²) in [6.07, 6.45) is 0. The van der Waals surface area contributed by atoms with Crippen LogP contribution in [0.15, 0.2) is 58.6 Å². The summed E-state index contributed by atoms with van der Waals surface area (Å²) in [4.78, 5) is 37.1. The van der Waals surface area contributed by atoms with Crippen molar-refractivity contribution in [2.45, 2.75) is 6.04 Å². The van der Waals surface area contributed by atoms with Crippen LogP contribution in [0.3, 0.4) is 0 Å². The normalized spacial score (nSPS) is 18.5. The van der Waals surface area contributed by atoms with E-state index in [1.54, 1.807) is 30.3 Å². The zero-order valence-corrected chi connectivity index (χ0v) is 16.0. The standard InChI is InChI=1S/C19H15BrN2O6/c20-12-7-5-11(6-8-12)17(24)15-16(21(9-10-23)19(26)18(15)25)13-3-1-2-4-14(13)22(27)28/h1-8,16,23-24H,9-10H2/b17-15-. The molecular weight excluding hydrogens is 432 g/mol. The molecule has 0 radical (unpaired) electrons. The van der Waals surface area contributed by atoms with Gasteiger partial charge in [0.1, 0.15) is 5.76 Å². The minimum Gasteiger partial charge on any atom is -0.507 e. The Labute approximate surface area is 168 Å². The summed E-state index contributed by atoms with van der Waals surface area (Å²) in [5, 5.41) is 31.6. The maximum Gasteiger partial charge on any atom is 0.295 e. The molecule has 3 rings (SSSR count). The molecule has 1 aliphatic rings. The molecule has 0 aliphatic carbocycles. The molecule has 2 aromatic carbocycles. The predicted molar refractivity (Wildman–Crippen MR) is 103 cm³/mol. The number of para-hydroxylation sites is 1. The van der Waals surface area contributed by atoms with E-state index in [0.29, 0.717) is 0 Å². The minimum atomic E-state index is -1.18. The quantitative estimate of drug-likeness (QED) is 0.239. The Balaban J connectivity index is 2.26. The number of aliphatic hydroxyl groups excluding tert-OH is 2. The zero-order valence-electron chi connectivity index (χ0n) is 14.4. The van der Waals surface area contributed by atoms with Gasteiger partial charge in [-0.05, 0) is 18.2 Å². The average Bonchev–Trinajstić information content (AvgIpc) is 2.93. The largest absolute Gasteiger partial charge is 0.507 e. The third-order valence-electron chi connectivity index (χ3n) is 4.43. The number of aliphatic hydroxyl groups is 2. The molecule has 2 aromatic rings. The molecule has 1 saturated heterocycles. The molecule has 9 heteroatoms. The highest BCUT2D eigenvalue weighted by molar-refractivity contribution is 9.10. The number of likely N-dealkylation sites (tertiary alicyclic amines) is 1. The third-order valence-corrected chi connectivity index (χ3v) is 4.96. The van der Waals surface area contributed by atoms with Crippen LogP contribution < -0.4 is 0 Å². The molecule has 1 unspecified atom stereocenters. The molecule has 1 atom stereocenters. The molecule has 28 heavy (non-hydrogen) atoms. The molecule has 8 nitrogen and oxygen atoms in total. The lowest BCUT2D eigenvalue weighted by Gasteiger charge is -2.24. The molecule has 2 N–H and O–H groups in total. The van der Waals surface area contributed by atoms with Gasteiger partial charge in [0.05, 0.1) is 28.7 Å². The van der Waals surface area contributed by atoms with Gasteiger partial charge in [0.15, 0.2) is 0 Å². The van der Waals surface area contributed by atoms with E-state index in [9.17, 15) is 29.9 Å². The monoisotopic (exact) mass is 446 g/mol. The summed E-state index contributed by atoms with van der Waals surface area (Å²) in [7, 11) is 0. The lowest BCUT2D eigenvalue weighted by Crippen LogP contribution is -2.32. The number of carbonyl (C=O) groups excluding carboxylic acids is 2. The predicted octanol–water partition coefficient (Wildman–Crippen LogP) is 2.77. The Morgan fingerprint density at radius 3 is 2.39 bits per heavy atom. The van der Waals surface area contributed by atoms with Crippen molar-refractivity contribution in [3.05, 3.63) is 79.8 Å². The van der Waals surface area contributed by atoms with Crippen molar-refractivity contribution < 1.29 is 24.7 Å². The zero-order chi connectivity index (χ0) is 20.4. The van der Waals surface area contributed by atoms with Crippen LogP contribution in [0.25, 0.3) is 5.76 Å². The molecule has 0 spiro atoms. The highest BCUT2D eigenvalue weighted by Crippen LogP contribution is 2.42. The Morgan fingerprint density at radius 2 is 1.79 bits per heavy atom. The second-order valence-corrected chi connectivity index (χ2v) is 6.95. The maximum absolute atomic E-state index is 12.7. The first-order chi connectivity index (χ1) is 13.4. The van der Waals surface area contributed by atoms with Crippen LogP contribution in [-0.4, -0.2) is 44.9 Å². The van der Waals surface area contributed by atoms with Gasteiger partial charge >= 0.3 is 0 Å².